The number of aromatic nitrogens is 2. The highest BCUT2D eigenvalue weighted by molar-refractivity contribution is 7.90. The Morgan fingerprint density at radius 2 is 1.91 bits per heavy atom. The molecule has 0 bridgehead atoms. The zero-order valence-electron chi connectivity index (χ0n) is 25.6. The Morgan fingerprint density at radius 3 is 2.50 bits per heavy atom. The molecule has 0 unspecified atom stereocenters. The number of carbonyl (C=O) groups is 2. The number of nitrogens with one attached hydrogen (secondary N) is 1. The third kappa shape index (κ3) is 7.61. The second-order valence-electron chi connectivity index (χ2n) is 10.9. The second-order valence-corrected chi connectivity index (χ2v) is 12.9. The van der Waals surface area contributed by atoms with Crippen LogP contribution in [0.25, 0.3) is 0 Å². The largest absolute Gasteiger partial charge is 0.483 e. The molecule has 4 rings (SSSR count). The van der Waals surface area contributed by atoms with Crippen LogP contribution in [0.1, 0.15) is 52.7 Å². The minimum Gasteiger partial charge on any atom is -0.483 e. The number of sulfone groups is 1. The average molecular weight is 623 g/mol. The maximum Gasteiger partial charge on any atom is 0.411 e. The van der Waals surface area contributed by atoms with E-state index in [1.807, 2.05) is 19.9 Å². The van der Waals surface area contributed by atoms with Crippen LogP contribution in [0.2, 0.25) is 0 Å². The molecular formula is C32H37FN5O5S+. The molecule has 0 fully saturated rings. The van der Waals surface area contributed by atoms with Crippen molar-refractivity contribution in [1.82, 2.24) is 14.9 Å². The van der Waals surface area contributed by atoms with E-state index in [4.69, 9.17) is 4.74 Å². The van der Waals surface area contributed by atoms with Crippen LogP contribution in [0, 0.1) is 19.7 Å². The summed E-state index contributed by atoms with van der Waals surface area (Å²) in [5.41, 5.74) is 3.32. The molecule has 1 atom stereocenters. The van der Waals surface area contributed by atoms with Crippen LogP contribution in [0.5, 0.6) is 5.75 Å². The summed E-state index contributed by atoms with van der Waals surface area (Å²) in [5, 5.41) is 2.69. The topological polar surface area (TPSA) is 122 Å². The summed E-state index contributed by atoms with van der Waals surface area (Å²) in [5.74, 6) is -0.337. The second kappa shape index (κ2) is 13.6. The van der Waals surface area contributed by atoms with Crippen molar-refractivity contribution in [3.05, 3.63) is 89.1 Å². The summed E-state index contributed by atoms with van der Waals surface area (Å²) >= 11 is 0. The first kappa shape index (κ1) is 32.6. The van der Waals surface area contributed by atoms with Gasteiger partial charge in [-0.3, -0.25) is 9.69 Å². The summed E-state index contributed by atoms with van der Waals surface area (Å²) in [6.07, 6.45) is 5.03. The van der Waals surface area contributed by atoms with Gasteiger partial charge in [-0.15, -0.1) is 0 Å². The standard InChI is InChI=1S/C32H36FN5O5S/c1-7-23-9-10-24(15-27(23)33)28(19-37-11-12-38(22(5)18-37)29(39)8-2)43-25-13-20(3)30(34-16-25)32(40)36-31-21(4)14-26(17-35-31)44(6,41)42/h8-10,13-17,28H,2,7,11-12,18-19H2,1,3-6H3/p+1/t28-/m1/s1. The maximum atomic E-state index is 14.8. The Bertz CT molecular complexity index is 1760. The number of aryl methyl sites for hydroxylation is 3. The number of carbonyl (C=O) groups excluding carboxylic acids is 2. The molecule has 1 aliphatic heterocycles. The van der Waals surface area contributed by atoms with E-state index < -0.39 is 21.8 Å². The van der Waals surface area contributed by atoms with Gasteiger partial charge in [0.25, 0.3) is 5.91 Å². The summed E-state index contributed by atoms with van der Waals surface area (Å²) in [6, 6.07) is 8.24. The Hall–Kier alpha value is -4.29. The van der Waals surface area contributed by atoms with Gasteiger partial charge in [-0.05, 0) is 60.7 Å². The minimum absolute atomic E-state index is 0.0581. The van der Waals surface area contributed by atoms with Gasteiger partial charge in [0.05, 0.1) is 24.2 Å². The lowest BCUT2D eigenvalue weighted by Crippen LogP contribution is -2.47. The molecule has 0 saturated carbocycles. The van der Waals surface area contributed by atoms with E-state index >= 15 is 0 Å². The third-order valence-electron chi connectivity index (χ3n) is 7.51. The Balaban J connectivity index is 1.56. The molecule has 3 aromatic rings. The van der Waals surface area contributed by atoms with Crippen molar-refractivity contribution < 1.29 is 31.7 Å². The van der Waals surface area contributed by atoms with Crippen LogP contribution in [0.3, 0.4) is 0 Å². The van der Waals surface area contributed by atoms with E-state index in [2.05, 4.69) is 26.8 Å². The van der Waals surface area contributed by atoms with Crippen molar-refractivity contribution >= 4 is 33.2 Å². The molecule has 2 amide bonds. The SMILES string of the molecule is C=CC(=O)[N+]1=C(C)CN(C[C@@H](Oc2cnc(C(=O)Nc3ncc(S(C)(=O)=O)cc3C)c(C)c2)c2ccc(CC)c(F)c2)CC1. The number of hydrogen-bond donors (Lipinski definition) is 1. The van der Waals surface area contributed by atoms with Crippen molar-refractivity contribution in [3.8, 4) is 5.75 Å². The van der Waals surface area contributed by atoms with Crippen molar-refractivity contribution in [3.63, 3.8) is 0 Å². The summed E-state index contributed by atoms with van der Waals surface area (Å²) in [4.78, 5) is 35.9. The molecule has 12 heteroatoms. The minimum atomic E-state index is -3.44. The quantitative estimate of drug-likeness (QED) is 0.265. The summed E-state index contributed by atoms with van der Waals surface area (Å²) < 4.78 is 46.6. The average Bonchev–Trinajstić information content (AvgIpc) is 2.97. The fraction of sp³-hybridized carbons (Fsp3) is 0.344. The smallest absolute Gasteiger partial charge is 0.411 e. The van der Waals surface area contributed by atoms with Crippen LogP contribution < -0.4 is 10.1 Å². The molecule has 0 spiro atoms. The zero-order chi connectivity index (χ0) is 32.2. The lowest BCUT2D eigenvalue weighted by Gasteiger charge is -2.29. The normalized spacial score (nSPS) is 14.7. The molecule has 0 aliphatic carbocycles. The van der Waals surface area contributed by atoms with Gasteiger partial charge in [0.2, 0.25) is 0 Å². The first-order valence-electron chi connectivity index (χ1n) is 14.2. The molecule has 0 saturated heterocycles. The van der Waals surface area contributed by atoms with Crippen molar-refractivity contribution in [2.75, 3.05) is 37.8 Å². The van der Waals surface area contributed by atoms with E-state index in [1.54, 1.807) is 30.6 Å². The van der Waals surface area contributed by atoms with Gasteiger partial charge in [-0.25, -0.2) is 27.6 Å². The van der Waals surface area contributed by atoms with Gasteiger partial charge in [0.1, 0.15) is 29.2 Å². The third-order valence-corrected chi connectivity index (χ3v) is 8.59. The molecule has 232 valence electrons. The van der Waals surface area contributed by atoms with E-state index in [9.17, 15) is 22.4 Å². The summed E-state index contributed by atoms with van der Waals surface area (Å²) in [6.45, 7) is 12.8. The maximum absolute atomic E-state index is 14.8. The highest BCUT2D eigenvalue weighted by Gasteiger charge is 2.29. The lowest BCUT2D eigenvalue weighted by atomic mass is 10.0. The molecular weight excluding hydrogens is 585 g/mol. The van der Waals surface area contributed by atoms with Gasteiger partial charge < -0.3 is 10.1 Å². The van der Waals surface area contributed by atoms with Gasteiger partial charge in [-0.2, -0.15) is 4.58 Å². The zero-order valence-corrected chi connectivity index (χ0v) is 26.4. The van der Waals surface area contributed by atoms with E-state index in [0.717, 1.165) is 12.0 Å². The Morgan fingerprint density at radius 1 is 1.16 bits per heavy atom. The number of ether oxygens (including phenoxy) is 1. The molecule has 1 N–H and O–H groups in total. The molecule has 3 heterocycles. The predicted octanol–water partition coefficient (Wildman–Crippen LogP) is 4.07. The number of benzene rings is 1. The highest BCUT2D eigenvalue weighted by atomic mass is 32.2. The van der Waals surface area contributed by atoms with E-state index in [-0.39, 0.29) is 28.1 Å². The van der Waals surface area contributed by atoms with Crippen molar-refractivity contribution in [2.24, 2.45) is 0 Å². The van der Waals surface area contributed by atoms with Gasteiger partial charge in [0, 0.05) is 32.0 Å². The number of pyridine rings is 2. The monoisotopic (exact) mass is 622 g/mol. The highest BCUT2D eigenvalue weighted by Crippen LogP contribution is 2.27. The first-order valence-corrected chi connectivity index (χ1v) is 16.1. The van der Waals surface area contributed by atoms with Crippen LogP contribution in [0.4, 0.5) is 10.2 Å². The number of rotatable bonds is 10. The molecule has 2 aromatic heterocycles. The van der Waals surface area contributed by atoms with Crippen LogP contribution in [-0.2, 0) is 21.1 Å². The van der Waals surface area contributed by atoms with Gasteiger partial charge in [-0.1, -0.05) is 25.6 Å². The molecule has 44 heavy (non-hydrogen) atoms. The van der Waals surface area contributed by atoms with E-state index in [0.29, 0.717) is 60.6 Å². The number of halogens is 1. The molecule has 1 aliphatic rings. The van der Waals surface area contributed by atoms with Crippen molar-refractivity contribution in [1.29, 1.82) is 0 Å². The first-order chi connectivity index (χ1) is 20.8. The van der Waals surface area contributed by atoms with Crippen LogP contribution in [-0.4, -0.2) is 77.8 Å². The molecule has 10 nitrogen and oxygen atoms in total. The lowest BCUT2D eigenvalue weighted by molar-refractivity contribution is -0.451. The fourth-order valence-corrected chi connectivity index (χ4v) is 5.68. The van der Waals surface area contributed by atoms with Gasteiger partial charge in [0.15, 0.2) is 22.1 Å². The Kier molecular flexibility index (Phi) is 10.1. The predicted molar refractivity (Wildman–Crippen MR) is 166 cm³/mol. The van der Waals surface area contributed by atoms with Crippen molar-refractivity contribution in [2.45, 2.75) is 45.1 Å². The number of amides is 2. The molecule has 0 radical (unpaired) electrons. The fourth-order valence-electron chi connectivity index (χ4n) is 5.05. The number of anilines is 1. The molecule has 1 aromatic carbocycles. The number of nitrogens with zero attached hydrogens (tertiary/aromatic N) is 4. The Labute approximate surface area is 257 Å². The van der Waals surface area contributed by atoms with E-state index in [1.165, 1.54) is 30.6 Å². The summed E-state index contributed by atoms with van der Waals surface area (Å²) in [7, 11) is -3.44. The van der Waals surface area contributed by atoms with Gasteiger partial charge >= 0.3 is 5.91 Å². The number of hydrogen-bond acceptors (Lipinski definition) is 8. The van der Waals surface area contributed by atoms with Crippen LogP contribution in [0.15, 0.2) is 60.3 Å². The van der Waals surface area contributed by atoms with Crippen LogP contribution >= 0.6 is 0 Å².